The van der Waals surface area contributed by atoms with E-state index in [1.54, 1.807) is 18.2 Å². The molecule has 0 aliphatic rings. The standard InChI is InChI=1S/C10H9NO4S/c1-14-9(12)5-11-7-4-6(16)2-3-8(7)15-10(11)13/h2-4,16H,5H2,1H3. The highest BCUT2D eigenvalue weighted by molar-refractivity contribution is 7.80. The lowest BCUT2D eigenvalue weighted by Crippen LogP contribution is -2.20. The molecule has 0 N–H and O–H groups in total. The second-order valence-electron chi connectivity index (χ2n) is 3.18. The van der Waals surface area contributed by atoms with E-state index in [1.165, 1.54) is 11.7 Å². The van der Waals surface area contributed by atoms with Crippen LogP contribution >= 0.6 is 12.6 Å². The van der Waals surface area contributed by atoms with Crippen molar-refractivity contribution < 1.29 is 13.9 Å². The van der Waals surface area contributed by atoms with Crippen LogP contribution in [0.3, 0.4) is 0 Å². The van der Waals surface area contributed by atoms with E-state index in [0.717, 1.165) is 0 Å². The average molecular weight is 239 g/mol. The molecule has 84 valence electrons. The van der Waals surface area contributed by atoms with Crippen LogP contribution in [0.5, 0.6) is 0 Å². The minimum absolute atomic E-state index is 0.167. The van der Waals surface area contributed by atoms with Gasteiger partial charge in [-0.2, -0.15) is 0 Å². The van der Waals surface area contributed by atoms with Gasteiger partial charge in [-0.25, -0.2) is 4.79 Å². The number of hydrogen-bond donors (Lipinski definition) is 1. The smallest absolute Gasteiger partial charge is 0.420 e. The maximum Gasteiger partial charge on any atom is 0.420 e. The van der Waals surface area contributed by atoms with Gasteiger partial charge in [-0.3, -0.25) is 9.36 Å². The number of thiol groups is 1. The number of carbonyl (C=O) groups is 1. The van der Waals surface area contributed by atoms with Crippen LogP contribution in [0.15, 0.2) is 32.3 Å². The first-order valence-corrected chi connectivity index (χ1v) is 4.95. The normalized spacial score (nSPS) is 10.6. The summed E-state index contributed by atoms with van der Waals surface area (Å²) in [5, 5.41) is 0. The Morgan fingerprint density at radius 3 is 3.00 bits per heavy atom. The molecule has 0 radical (unpaired) electrons. The molecule has 0 bridgehead atoms. The monoisotopic (exact) mass is 239 g/mol. The molecule has 0 saturated heterocycles. The third kappa shape index (κ3) is 1.83. The van der Waals surface area contributed by atoms with Crippen LogP contribution < -0.4 is 5.76 Å². The molecule has 2 aromatic rings. The van der Waals surface area contributed by atoms with Gasteiger partial charge < -0.3 is 9.15 Å². The number of aromatic nitrogens is 1. The van der Waals surface area contributed by atoms with Gasteiger partial charge in [0.05, 0.1) is 12.6 Å². The molecule has 0 aliphatic carbocycles. The van der Waals surface area contributed by atoms with Crippen LogP contribution in [0.25, 0.3) is 11.1 Å². The van der Waals surface area contributed by atoms with E-state index < -0.39 is 11.7 Å². The predicted octanol–water partition coefficient (Wildman–Crippen LogP) is 1.06. The number of ether oxygens (including phenoxy) is 1. The number of nitrogens with zero attached hydrogens (tertiary/aromatic N) is 1. The number of rotatable bonds is 2. The second-order valence-corrected chi connectivity index (χ2v) is 3.70. The SMILES string of the molecule is COC(=O)Cn1c(=O)oc2ccc(S)cc21. The summed E-state index contributed by atoms with van der Waals surface area (Å²) in [6, 6.07) is 5.00. The fourth-order valence-electron chi connectivity index (χ4n) is 1.39. The fourth-order valence-corrected chi connectivity index (χ4v) is 1.59. The Balaban J connectivity index is 2.58. The molecule has 0 fully saturated rings. The van der Waals surface area contributed by atoms with E-state index in [0.29, 0.717) is 16.0 Å². The van der Waals surface area contributed by atoms with Crippen LogP contribution in [-0.2, 0) is 16.1 Å². The maximum atomic E-state index is 11.5. The summed E-state index contributed by atoms with van der Waals surface area (Å²) in [6.45, 7) is -0.167. The number of esters is 1. The first-order valence-electron chi connectivity index (χ1n) is 4.51. The van der Waals surface area contributed by atoms with Gasteiger partial charge in [0, 0.05) is 4.90 Å². The molecule has 0 atom stereocenters. The molecule has 0 unspecified atom stereocenters. The summed E-state index contributed by atoms with van der Waals surface area (Å²) < 4.78 is 10.7. The van der Waals surface area contributed by atoms with Crippen molar-refractivity contribution in [1.82, 2.24) is 4.57 Å². The largest absolute Gasteiger partial charge is 0.468 e. The number of methoxy groups -OCH3 is 1. The lowest BCUT2D eigenvalue weighted by molar-refractivity contribution is -0.141. The lowest BCUT2D eigenvalue weighted by Gasteiger charge is -2.00. The summed E-state index contributed by atoms with van der Waals surface area (Å²) in [7, 11) is 1.26. The lowest BCUT2D eigenvalue weighted by atomic mass is 10.3. The van der Waals surface area contributed by atoms with Crippen molar-refractivity contribution in [2.45, 2.75) is 11.4 Å². The van der Waals surface area contributed by atoms with Crippen molar-refractivity contribution in [1.29, 1.82) is 0 Å². The summed E-state index contributed by atoms with van der Waals surface area (Å²) in [5.41, 5.74) is 0.953. The topological polar surface area (TPSA) is 61.4 Å². The van der Waals surface area contributed by atoms with Crippen LogP contribution in [0.4, 0.5) is 0 Å². The summed E-state index contributed by atoms with van der Waals surface area (Å²) >= 11 is 4.16. The number of carbonyl (C=O) groups excluding carboxylic acids is 1. The molecule has 6 heteroatoms. The molecule has 0 saturated carbocycles. The Morgan fingerprint density at radius 1 is 1.56 bits per heavy atom. The van der Waals surface area contributed by atoms with Gasteiger partial charge in [-0.1, -0.05) is 0 Å². The number of oxazole rings is 1. The van der Waals surface area contributed by atoms with Gasteiger partial charge >= 0.3 is 11.7 Å². The van der Waals surface area contributed by atoms with E-state index in [4.69, 9.17) is 4.42 Å². The van der Waals surface area contributed by atoms with Crippen LogP contribution in [0.1, 0.15) is 0 Å². The molecule has 2 rings (SSSR count). The molecule has 0 amide bonds. The minimum Gasteiger partial charge on any atom is -0.468 e. The number of hydrogen-bond acceptors (Lipinski definition) is 5. The quantitative estimate of drug-likeness (QED) is 0.628. The molecule has 0 spiro atoms. The zero-order valence-electron chi connectivity index (χ0n) is 8.47. The van der Waals surface area contributed by atoms with Gasteiger partial charge in [0.1, 0.15) is 6.54 Å². The fraction of sp³-hybridized carbons (Fsp3) is 0.200. The first-order chi connectivity index (χ1) is 7.61. The van der Waals surface area contributed by atoms with Gasteiger partial charge in [0.15, 0.2) is 5.58 Å². The molecular formula is C10H9NO4S. The van der Waals surface area contributed by atoms with Gasteiger partial charge in [-0.05, 0) is 18.2 Å². The van der Waals surface area contributed by atoms with Crippen molar-refractivity contribution >= 4 is 29.7 Å². The highest BCUT2D eigenvalue weighted by Gasteiger charge is 2.12. The zero-order valence-corrected chi connectivity index (χ0v) is 9.36. The van der Waals surface area contributed by atoms with Crippen LogP contribution in [0, 0.1) is 0 Å². The Labute approximate surface area is 96.0 Å². The van der Waals surface area contributed by atoms with Gasteiger partial charge in [0.25, 0.3) is 0 Å². The van der Waals surface area contributed by atoms with Crippen molar-refractivity contribution in [3.8, 4) is 0 Å². The van der Waals surface area contributed by atoms with Crippen LogP contribution in [0.2, 0.25) is 0 Å². The van der Waals surface area contributed by atoms with Crippen molar-refractivity contribution in [2.24, 2.45) is 0 Å². The van der Waals surface area contributed by atoms with Crippen molar-refractivity contribution in [3.63, 3.8) is 0 Å². The Morgan fingerprint density at radius 2 is 2.31 bits per heavy atom. The van der Waals surface area contributed by atoms with Gasteiger partial charge in [0.2, 0.25) is 0 Å². The molecule has 5 nitrogen and oxygen atoms in total. The van der Waals surface area contributed by atoms with Crippen molar-refractivity contribution in [3.05, 3.63) is 28.7 Å². The van der Waals surface area contributed by atoms with Crippen LogP contribution in [-0.4, -0.2) is 17.6 Å². The van der Waals surface area contributed by atoms with E-state index in [1.807, 2.05) is 0 Å². The van der Waals surface area contributed by atoms with E-state index in [-0.39, 0.29) is 6.54 Å². The predicted molar refractivity (Wildman–Crippen MR) is 59.7 cm³/mol. The van der Waals surface area contributed by atoms with E-state index >= 15 is 0 Å². The highest BCUT2D eigenvalue weighted by Crippen LogP contribution is 2.17. The highest BCUT2D eigenvalue weighted by atomic mass is 32.1. The summed E-state index contributed by atoms with van der Waals surface area (Å²) in [5.74, 6) is -1.09. The van der Waals surface area contributed by atoms with Gasteiger partial charge in [-0.15, -0.1) is 12.6 Å². The first kappa shape index (κ1) is 10.8. The zero-order chi connectivity index (χ0) is 11.7. The molecule has 1 heterocycles. The van der Waals surface area contributed by atoms with Crippen molar-refractivity contribution in [2.75, 3.05) is 7.11 Å². The second kappa shape index (κ2) is 4.05. The Hall–Kier alpha value is -1.69. The number of benzene rings is 1. The average Bonchev–Trinajstić information content (AvgIpc) is 2.55. The minimum atomic E-state index is -0.584. The molecule has 0 aliphatic heterocycles. The van der Waals surface area contributed by atoms with E-state index in [9.17, 15) is 9.59 Å². The summed E-state index contributed by atoms with van der Waals surface area (Å²) in [6.07, 6.45) is 0. The third-order valence-corrected chi connectivity index (χ3v) is 2.44. The molecule has 1 aromatic carbocycles. The molecular weight excluding hydrogens is 230 g/mol. The Kier molecular flexibility index (Phi) is 2.74. The maximum absolute atomic E-state index is 11.5. The molecule has 16 heavy (non-hydrogen) atoms. The third-order valence-electron chi connectivity index (χ3n) is 2.17. The summed E-state index contributed by atoms with van der Waals surface area (Å²) in [4.78, 5) is 23.3. The number of fused-ring (bicyclic) bond motifs is 1. The molecule has 1 aromatic heterocycles. The van der Waals surface area contributed by atoms with E-state index in [2.05, 4.69) is 17.4 Å². The Bertz CT molecular complexity index is 598.